The molecular formula is C14H21NO2. The van der Waals surface area contributed by atoms with Gasteiger partial charge in [-0.1, -0.05) is 30.3 Å². The Bertz CT molecular complexity index is 309. The van der Waals surface area contributed by atoms with Crippen molar-refractivity contribution in [2.24, 2.45) is 11.7 Å². The summed E-state index contributed by atoms with van der Waals surface area (Å²) in [7, 11) is 0. The number of ether oxygens (including phenoxy) is 2. The fourth-order valence-electron chi connectivity index (χ4n) is 2.13. The summed E-state index contributed by atoms with van der Waals surface area (Å²) >= 11 is 0. The van der Waals surface area contributed by atoms with Gasteiger partial charge in [0.25, 0.3) is 0 Å². The van der Waals surface area contributed by atoms with Gasteiger partial charge in [-0.3, -0.25) is 0 Å². The number of rotatable bonds is 5. The summed E-state index contributed by atoms with van der Waals surface area (Å²) in [5.41, 5.74) is 7.30. The number of hydrogen-bond donors (Lipinski definition) is 1. The molecule has 1 aromatic rings. The highest BCUT2D eigenvalue weighted by Gasteiger charge is 2.20. The van der Waals surface area contributed by atoms with Crippen LogP contribution in [0, 0.1) is 5.92 Å². The van der Waals surface area contributed by atoms with E-state index in [-0.39, 0.29) is 6.04 Å². The lowest BCUT2D eigenvalue weighted by Gasteiger charge is -2.27. The van der Waals surface area contributed by atoms with Crippen molar-refractivity contribution < 1.29 is 9.47 Å². The third kappa shape index (κ3) is 4.11. The lowest BCUT2D eigenvalue weighted by molar-refractivity contribution is 0.0202. The van der Waals surface area contributed by atoms with E-state index in [1.54, 1.807) is 0 Å². The molecule has 17 heavy (non-hydrogen) atoms. The zero-order valence-electron chi connectivity index (χ0n) is 10.2. The predicted octanol–water partition coefficient (Wildman–Crippen LogP) is 1.96. The van der Waals surface area contributed by atoms with E-state index >= 15 is 0 Å². The zero-order valence-corrected chi connectivity index (χ0v) is 10.2. The average molecular weight is 235 g/mol. The molecule has 1 saturated heterocycles. The third-order valence-corrected chi connectivity index (χ3v) is 3.22. The standard InChI is InChI=1S/C14H21NO2/c15-14(13-7-4-8-16-10-13)11-17-9-12-5-2-1-3-6-12/h1-3,5-6,13-14H,4,7-11,15H2. The average Bonchev–Trinajstić information content (AvgIpc) is 2.41. The molecule has 3 nitrogen and oxygen atoms in total. The molecule has 0 aliphatic carbocycles. The van der Waals surface area contributed by atoms with Gasteiger partial charge < -0.3 is 15.2 Å². The molecule has 1 heterocycles. The first-order valence-corrected chi connectivity index (χ1v) is 6.31. The second-order valence-electron chi connectivity index (χ2n) is 4.64. The fourth-order valence-corrected chi connectivity index (χ4v) is 2.13. The second kappa shape index (κ2) is 6.74. The summed E-state index contributed by atoms with van der Waals surface area (Å²) in [4.78, 5) is 0. The Morgan fingerprint density at radius 2 is 2.18 bits per heavy atom. The van der Waals surface area contributed by atoms with E-state index in [1.165, 1.54) is 5.56 Å². The van der Waals surface area contributed by atoms with Gasteiger partial charge in [-0.25, -0.2) is 0 Å². The van der Waals surface area contributed by atoms with Gasteiger partial charge in [0.2, 0.25) is 0 Å². The molecule has 2 rings (SSSR count). The molecule has 0 saturated carbocycles. The van der Waals surface area contributed by atoms with Gasteiger partial charge in [0.15, 0.2) is 0 Å². The van der Waals surface area contributed by atoms with Crippen LogP contribution < -0.4 is 5.73 Å². The molecule has 0 amide bonds. The molecule has 1 fully saturated rings. The predicted molar refractivity (Wildman–Crippen MR) is 67.6 cm³/mol. The fraction of sp³-hybridized carbons (Fsp3) is 0.571. The third-order valence-electron chi connectivity index (χ3n) is 3.22. The van der Waals surface area contributed by atoms with Crippen molar-refractivity contribution in [2.45, 2.75) is 25.5 Å². The van der Waals surface area contributed by atoms with Crippen LogP contribution >= 0.6 is 0 Å². The van der Waals surface area contributed by atoms with Gasteiger partial charge in [0.1, 0.15) is 0 Å². The lowest BCUT2D eigenvalue weighted by atomic mass is 9.95. The number of hydrogen-bond acceptors (Lipinski definition) is 3. The lowest BCUT2D eigenvalue weighted by Crippen LogP contribution is -2.39. The summed E-state index contributed by atoms with van der Waals surface area (Å²) < 4.78 is 11.1. The summed E-state index contributed by atoms with van der Waals surface area (Å²) in [6.45, 7) is 2.93. The van der Waals surface area contributed by atoms with Crippen molar-refractivity contribution in [2.75, 3.05) is 19.8 Å². The first-order valence-electron chi connectivity index (χ1n) is 6.31. The van der Waals surface area contributed by atoms with Crippen molar-refractivity contribution >= 4 is 0 Å². The van der Waals surface area contributed by atoms with Crippen LogP contribution in [0.25, 0.3) is 0 Å². The summed E-state index contributed by atoms with van der Waals surface area (Å²) in [5.74, 6) is 0.458. The SMILES string of the molecule is NC(COCc1ccccc1)C1CCCOC1. The van der Waals surface area contributed by atoms with Crippen LogP contribution in [0.3, 0.4) is 0 Å². The van der Waals surface area contributed by atoms with Gasteiger partial charge in [0, 0.05) is 12.6 Å². The molecular weight excluding hydrogens is 214 g/mol. The molecule has 3 heteroatoms. The first kappa shape index (κ1) is 12.6. The van der Waals surface area contributed by atoms with Crippen LogP contribution in [0.15, 0.2) is 30.3 Å². The van der Waals surface area contributed by atoms with Crippen molar-refractivity contribution in [1.29, 1.82) is 0 Å². The summed E-state index contributed by atoms with van der Waals surface area (Å²) in [6, 6.07) is 10.3. The van der Waals surface area contributed by atoms with Crippen molar-refractivity contribution in [3.05, 3.63) is 35.9 Å². The molecule has 0 bridgehead atoms. The maximum Gasteiger partial charge on any atom is 0.0717 e. The second-order valence-corrected chi connectivity index (χ2v) is 4.64. The van der Waals surface area contributed by atoms with Crippen molar-refractivity contribution in [3.63, 3.8) is 0 Å². The Balaban J connectivity index is 1.67. The van der Waals surface area contributed by atoms with Gasteiger partial charge in [-0.2, -0.15) is 0 Å². The number of benzene rings is 1. The highest BCUT2D eigenvalue weighted by molar-refractivity contribution is 5.13. The Morgan fingerprint density at radius 1 is 1.35 bits per heavy atom. The molecule has 2 unspecified atom stereocenters. The van der Waals surface area contributed by atoms with E-state index in [0.717, 1.165) is 26.1 Å². The van der Waals surface area contributed by atoms with Crippen LogP contribution in [0.1, 0.15) is 18.4 Å². The Kier molecular flexibility index (Phi) is 4.98. The topological polar surface area (TPSA) is 44.5 Å². The molecule has 0 spiro atoms. The monoisotopic (exact) mass is 235 g/mol. The van der Waals surface area contributed by atoms with Gasteiger partial charge in [-0.15, -0.1) is 0 Å². The zero-order chi connectivity index (χ0) is 11.9. The van der Waals surface area contributed by atoms with Crippen LogP contribution in [0.2, 0.25) is 0 Å². The van der Waals surface area contributed by atoms with E-state index in [4.69, 9.17) is 15.2 Å². The minimum absolute atomic E-state index is 0.0963. The van der Waals surface area contributed by atoms with Gasteiger partial charge in [0.05, 0.1) is 19.8 Å². The Morgan fingerprint density at radius 3 is 2.88 bits per heavy atom. The summed E-state index contributed by atoms with van der Waals surface area (Å²) in [6.07, 6.45) is 2.28. The van der Waals surface area contributed by atoms with Crippen LogP contribution in [0.4, 0.5) is 0 Å². The van der Waals surface area contributed by atoms with E-state index in [0.29, 0.717) is 19.1 Å². The largest absolute Gasteiger partial charge is 0.381 e. The normalized spacial score (nSPS) is 22.3. The van der Waals surface area contributed by atoms with E-state index in [9.17, 15) is 0 Å². The van der Waals surface area contributed by atoms with Gasteiger partial charge >= 0.3 is 0 Å². The van der Waals surface area contributed by atoms with E-state index in [1.807, 2.05) is 18.2 Å². The Hall–Kier alpha value is -0.900. The molecule has 1 aliphatic rings. The van der Waals surface area contributed by atoms with Crippen LogP contribution in [-0.2, 0) is 16.1 Å². The maximum atomic E-state index is 6.11. The Labute approximate surface area is 103 Å². The molecule has 1 aromatic carbocycles. The molecule has 1 aliphatic heterocycles. The smallest absolute Gasteiger partial charge is 0.0717 e. The van der Waals surface area contributed by atoms with Crippen molar-refractivity contribution in [1.82, 2.24) is 0 Å². The molecule has 2 N–H and O–H groups in total. The number of nitrogens with two attached hydrogens (primary N) is 1. The molecule has 94 valence electrons. The van der Waals surface area contributed by atoms with Crippen molar-refractivity contribution in [3.8, 4) is 0 Å². The quantitative estimate of drug-likeness (QED) is 0.848. The minimum atomic E-state index is 0.0963. The van der Waals surface area contributed by atoms with E-state index < -0.39 is 0 Å². The summed E-state index contributed by atoms with van der Waals surface area (Å²) in [5, 5.41) is 0. The molecule has 0 radical (unpaired) electrons. The minimum Gasteiger partial charge on any atom is -0.381 e. The molecule has 2 atom stereocenters. The van der Waals surface area contributed by atoms with E-state index in [2.05, 4.69) is 12.1 Å². The van der Waals surface area contributed by atoms with Crippen LogP contribution in [-0.4, -0.2) is 25.9 Å². The van der Waals surface area contributed by atoms with Crippen LogP contribution in [0.5, 0.6) is 0 Å². The highest BCUT2D eigenvalue weighted by Crippen LogP contribution is 2.16. The van der Waals surface area contributed by atoms with Gasteiger partial charge in [-0.05, 0) is 24.3 Å². The highest BCUT2D eigenvalue weighted by atomic mass is 16.5. The molecule has 0 aromatic heterocycles. The first-order chi connectivity index (χ1) is 8.36. The maximum absolute atomic E-state index is 6.11.